The molecule has 1 fully saturated rings. The molecule has 0 aromatic heterocycles. The number of amides is 1. The molecule has 22 heavy (non-hydrogen) atoms. The van der Waals surface area contributed by atoms with Gasteiger partial charge in [0.15, 0.2) is 0 Å². The minimum atomic E-state index is -0.454. The third kappa shape index (κ3) is 4.15. The molecule has 0 unspecified atom stereocenters. The summed E-state index contributed by atoms with van der Waals surface area (Å²) in [6.45, 7) is 7.82. The molecule has 0 aliphatic carbocycles. The van der Waals surface area contributed by atoms with Gasteiger partial charge in [0.25, 0.3) is 0 Å². The van der Waals surface area contributed by atoms with Gasteiger partial charge in [-0.2, -0.15) is 0 Å². The van der Waals surface area contributed by atoms with Gasteiger partial charge in [-0.3, -0.25) is 0 Å². The summed E-state index contributed by atoms with van der Waals surface area (Å²) in [7, 11) is 1.66. The van der Waals surface area contributed by atoms with E-state index in [1.807, 2.05) is 37.8 Å². The van der Waals surface area contributed by atoms with E-state index >= 15 is 0 Å². The van der Waals surface area contributed by atoms with E-state index in [1.165, 1.54) is 5.56 Å². The van der Waals surface area contributed by atoms with E-state index in [0.717, 1.165) is 25.0 Å². The maximum Gasteiger partial charge on any atom is 0.410 e. The molecule has 0 bridgehead atoms. The van der Waals surface area contributed by atoms with Crippen molar-refractivity contribution in [2.75, 3.05) is 7.11 Å². The minimum Gasteiger partial charge on any atom is -0.497 e. The van der Waals surface area contributed by atoms with E-state index in [0.29, 0.717) is 0 Å². The lowest BCUT2D eigenvalue weighted by Crippen LogP contribution is -2.44. The van der Waals surface area contributed by atoms with Crippen molar-refractivity contribution in [3.8, 4) is 5.75 Å². The first-order valence-electron chi connectivity index (χ1n) is 7.94. The highest BCUT2D eigenvalue weighted by molar-refractivity contribution is 5.69. The number of carbonyl (C=O) groups excluding carboxylic acids is 1. The van der Waals surface area contributed by atoms with Crippen LogP contribution in [0.15, 0.2) is 24.3 Å². The Balaban J connectivity index is 2.06. The molecule has 1 amide bonds. The Morgan fingerprint density at radius 2 is 1.86 bits per heavy atom. The van der Waals surface area contributed by atoms with E-state index in [-0.39, 0.29) is 18.2 Å². The molecule has 122 valence electrons. The van der Waals surface area contributed by atoms with Crippen molar-refractivity contribution in [2.45, 2.75) is 64.6 Å². The lowest BCUT2D eigenvalue weighted by atomic mass is 10.0. The SMILES string of the molecule is COc1ccc(C[C@H]2CC[C@H](C)N2C(=O)OC(C)(C)C)cc1. The fourth-order valence-electron chi connectivity index (χ4n) is 2.95. The summed E-state index contributed by atoms with van der Waals surface area (Å²) in [5.41, 5.74) is 0.762. The number of hydrogen-bond donors (Lipinski definition) is 0. The first-order valence-corrected chi connectivity index (χ1v) is 7.94. The zero-order chi connectivity index (χ0) is 16.3. The largest absolute Gasteiger partial charge is 0.497 e. The van der Waals surface area contributed by atoms with Crippen LogP contribution >= 0.6 is 0 Å². The Labute approximate surface area is 133 Å². The Bertz CT molecular complexity index is 504. The van der Waals surface area contributed by atoms with E-state index < -0.39 is 5.60 Å². The molecule has 1 aliphatic heterocycles. The number of nitrogens with zero attached hydrogens (tertiary/aromatic N) is 1. The highest BCUT2D eigenvalue weighted by Crippen LogP contribution is 2.29. The number of ether oxygens (including phenoxy) is 2. The average Bonchev–Trinajstić information content (AvgIpc) is 2.79. The van der Waals surface area contributed by atoms with Crippen molar-refractivity contribution >= 4 is 6.09 Å². The Morgan fingerprint density at radius 3 is 2.41 bits per heavy atom. The van der Waals surface area contributed by atoms with Crippen LogP contribution in [0.1, 0.15) is 46.1 Å². The lowest BCUT2D eigenvalue weighted by molar-refractivity contribution is 0.0161. The lowest BCUT2D eigenvalue weighted by Gasteiger charge is -2.31. The molecule has 1 aromatic rings. The van der Waals surface area contributed by atoms with Gasteiger partial charge in [-0.1, -0.05) is 12.1 Å². The molecule has 2 atom stereocenters. The summed E-state index contributed by atoms with van der Waals surface area (Å²) in [5.74, 6) is 0.854. The van der Waals surface area contributed by atoms with Crippen LogP contribution in [0.4, 0.5) is 4.79 Å². The van der Waals surface area contributed by atoms with Crippen LogP contribution in [0.3, 0.4) is 0 Å². The third-order valence-electron chi connectivity index (χ3n) is 4.02. The van der Waals surface area contributed by atoms with Crippen molar-refractivity contribution in [3.63, 3.8) is 0 Å². The van der Waals surface area contributed by atoms with E-state index in [4.69, 9.17) is 9.47 Å². The Morgan fingerprint density at radius 1 is 1.23 bits per heavy atom. The number of likely N-dealkylation sites (tertiary alicyclic amines) is 1. The van der Waals surface area contributed by atoms with Crippen molar-refractivity contribution in [1.29, 1.82) is 0 Å². The highest BCUT2D eigenvalue weighted by atomic mass is 16.6. The molecular formula is C18H27NO3. The zero-order valence-electron chi connectivity index (χ0n) is 14.3. The summed E-state index contributed by atoms with van der Waals surface area (Å²) < 4.78 is 10.7. The topological polar surface area (TPSA) is 38.8 Å². The van der Waals surface area contributed by atoms with Crippen LogP contribution in [0.25, 0.3) is 0 Å². The van der Waals surface area contributed by atoms with E-state index in [1.54, 1.807) is 7.11 Å². The summed E-state index contributed by atoms with van der Waals surface area (Å²) >= 11 is 0. The number of hydrogen-bond acceptors (Lipinski definition) is 3. The summed E-state index contributed by atoms with van der Waals surface area (Å²) in [5, 5.41) is 0. The van der Waals surface area contributed by atoms with Gasteiger partial charge in [-0.05, 0) is 64.7 Å². The normalized spacial score (nSPS) is 21.8. The summed E-state index contributed by atoms with van der Waals surface area (Å²) in [6, 6.07) is 8.50. The molecule has 1 aliphatic rings. The summed E-state index contributed by atoms with van der Waals surface area (Å²) in [6.07, 6.45) is 2.70. The van der Waals surface area contributed by atoms with Gasteiger partial charge in [0.2, 0.25) is 0 Å². The predicted octanol–water partition coefficient (Wildman–Crippen LogP) is 4.03. The molecule has 0 saturated carbocycles. The Hall–Kier alpha value is -1.71. The van der Waals surface area contributed by atoms with Crippen molar-refractivity contribution in [2.24, 2.45) is 0 Å². The van der Waals surface area contributed by atoms with Crippen LogP contribution in [-0.2, 0) is 11.2 Å². The fraction of sp³-hybridized carbons (Fsp3) is 0.611. The molecule has 2 rings (SSSR count). The van der Waals surface area contributed by atoms with E-state index in [2.05, 4.69) is 19.1 Å². The van der Waals surface area contributed by atoms with Gasteiger partial charge in [0.1, 0.15) is 11.4 Å². The van der Waals surface area contributed by atoms with Gasteiger partial charge in [-0.25, -0.2) is 4.79 Å². The standard InChI is InChI=1S/C18H27NO3/c1-13-6-9-15(19(13)17(20)22-18(2,3)4)12-14-7-10-16(21-5)11-8-14/h7-8,10-11,13,15H,6,9,12H2,1-5H3/t13-,15+/m0/s1. The minimum absolute atomic E-state index is 0.198. The second-order valence-electron chi connectivity index (χ2n) is 7.02. The summed E-state index contributed by atoms with van der Waals surface area (Å²) in [4.78, 5) is 14.4. The zero-order valence-corrected chi connectivity index (χ0v) is 14.3. The third-order valence-corrected chi connectivity index (χ3v) is 4.02. The number of rotatable bonds is 3. The van der Waals surface area contributed by atoms with Crippen LogP contribution in [0.5, 0.6) is 5.75 Å². The van der Waals surface area contributed by atoms with Crippen LogP contribution in [0.2, 0.25) is 0 Å². The molecule has 0 radical (unpaired) electrons. The van der Waals surface area contributed by atoms with Gasteiger partial charge in [0, 0.05) is 12.1 Å². The van der Waals surface area contributed by atoms with Gasteiger partial charge in [0.05, 0.1) is 7.11 Å². The molecule has 0 N–H and O–H groups in total. The van der Waals surface area contributed by atoms with Crippen LogP contribution in [0, 0.1) is 0 Å². The van der Waals surface area contributed by atoms with Gasteiger partial charge in [-0.15, -0.1) is 0 Å². The first-order chi connectivity index (χ1) is 10.3. The van der Waals surface area contributed by atoms with Gasteiger partial charge >= 0.3 is 6.09 Å². The number of carbonyl (C=O) groups is 1. The van der Waals surface area contributed by atoms with Crippen LogP contribution in [-0.4, -0.2) is 35.8 Å². The van der Waals surface area contributed by atoms with Crippen LogP contribution < -0.4 is 4.74 Å². The number of methoxy groups -OCH3 is 1. The van der Waals surface area contributed by atoms with Gasteiger partial charge < -0.3 is 14.4 Å². The predicted molar refractivity (Wildman–Crippen MR) is 87.3 cm³/mol. The second-order valence-corrected chi connectivity index (χ2v) is 7.02. The molecule has 1 heterocycles. The molecule has 4 nitrogen and oxygen atoms in total. The van der Waals surface area contributed by atoms with E-state index in [9.17, 15) is 4.79 Å². The molecule has 0 spiro atoms. The first kappa shape index (κ1) is 16.7. The molecule has 4 heteroatoms. The number of benzene rings is 1. The second kappa shape index (κ2) is 6.59. The quantitative estimate of drug-likeness (QED) is 0.846. The molecule has 1 saturated heterocycles. The Kier molecular flexibility index (Phi) is 4.99. The van der Waals surface area contributed by atoms with Crippen molar-refractivity contribution < 1.29 is 14.3 Å². The highest BCUT2D eigenvalue weighted by Gasteiger charge is 2.36. The monoisotopic (exact) mass is 305 g/mol. The maximum atomic E-state index is 12.5. The smallest absolute Gasteiger partial charge is 0.410 e. The van der Waals surface area contributed by atoms with Crippen molar-refractivity contribution in [1.82, 2.24) is 4.90 Å². The fourth-order valence-corrected chi connectivity index (χ4v) is 2.95. The molecular weight excluding hydrogens is 278 g/mol. The average molecular weight is 305 g/mol. The molecule has 1 aromatic carbocycles. The van der Waals surface area contributed by atoms with Crippen molar-refractivity contribution in [3.05, 3.63) is 29.8 Å². The maximum absolute atomic E-state index is 12.5.